The molecule has 0 saturated carbocycles. The summed E-state index contributed by atoms with van der Waals surface area (Å²) in [7, 11) is 1.48. The minimum Gasteiger partial charge on any atom is -0.497 e. The zero-order valence-electron chi connectivity index (χ0n) is 15.1. The fourth-order valence-electron chi connectivity index (χ4n) is 4.17. The van der Waals surface area contributed by atoms with Gasteiger partial charge < -0.3 is 14.5 Å². The first kappa shape index (κ1) is 17.7. The zero-order valence-corrected chi connectivity index (χ0v) is 15.1. The lowest BCUT2D eigenvalue weighted by atomic mass is 9.86. The highest BCUT2D eigenvalue weighted by Crippen LogP contribution is 2.36. The maximum atomic E-state index is 14.1. The molecule has 3 heterocycles. The number of carbonyl (C=O) groups is 1. The third-order valence-corrected chi connectivity index (χ3v) is 5.45. The molecule has 0 aliphatic carbocycles. The van der Waals surface area contributed by atoms with Gasteiger partial charge in [-0.15, -0.1) is 0 Å². The highest BCUT2D eigenvalue weighted by Gasteiger charge is 2.41. The van der Waals surface area contributed by atoms with Crippen LogP contribution in [-0.2, 0) is 6.54 Å². The molecule has 0 bridgehead atoms. The second-order valence-corrected chi connectivity index (χ2v) is 7.13. The minimum atomic E-state index is -0.387. The van der Waals surface area contributed by atoms with Crippen molar-refractivity contribution >= 4 is 6.03 Å². The van der Waals surface area contributed by atoms with Crippen LogP contribution < -0.4 is 4.74 Å². The number of rotatable bonds is 4. The van der Waals surface area contributed by atoms with E-state index < -0.39 is 0 Å². The number of carbonyl (C=O) groups excluding carboxylic acids is 1. The molecule has 7 heteroatoms. The Kier molecular flexibility index (Phi) is 4.68. The van der Waals surface area contributed by atoms with Gasteiger partial charge in [0.05, 0.1) is 19.3 Å². The molecule has 1 aromatic carbocycles. The van der Waals surface area contributed by atoms with Gasteiger partial charge in [-0.05, 0) is 48.1 Å². The third kappa shape index (κ3) is 3.46. The predicted molar refractivity (Wildman–Crippen MR) is 95.4 cm³/mol. The highest BCUT2D eigenvalue weighted by atomic mass is 19.1. The molecule has 142 valence electrons. The van der Waals surface area contributed by atoms with Gasteiger partial charge in [0.15, 0.2) is 0 Å². The van der Waals surface area contributed by atoms with Gasteiger partial charge in [0, 0.05) is 31.9 Å². The molecular weight excluding hydrogens is 352 g/mol. The monoisotopic (exact) mass is 373 g/mol. The molecule has 27 heavy (non-hydrogen) atoms. The molecule has 2 aliphatic heterocycles. The second-order valence-electron chi connectivity index (χ2n) is 7.13. The average Bonchev–Trinajstić information content (AvgIpc) is 2.96. The molecule has 2 atom stereocenters. The number of ether oxygens (including phenoxy) is 1. The zero-order chi connectivity index (χ0) is 19.0. The van der Waals surface area contributed by atoms with Crippen molar-refractivity contribution in [1.82, 2.24) is 14.8 Å². The lowest BCUT2D eigenvalue weighted by Crippen LogP contribution is -2.40. The Morgan fingerprint density at radius 2 is 2.15 bits per heavy atom. The summed E-state index contributed by atoms with van der Waals surface area (Å²) in [6, 6.07) is 6.19. The number of pyridine rings is 1. The predicted octanol–water partition coefficient (Wildman–Crippen LogP) is 3.55. The first-order valence-electron chi connectivity index (χ1n) is 9.03. The van der Waals surface area contributed by atoms with E-state index in [1.54, 1.807) is 23.2 Å². The first-order chi connectivity index (χ1) is 13.0. The number of hydrogen-bond donors (Lipinski definition) is 0. The van der Waals surface area contributed by atoms with E-state index >= 15 is 0 Å². The second kappa shape index (κ2) is 7.13. The SMILES string of the molecule is COc1cc(F)cc(CN2C[C@H]3CC(c4ccncc4F)CCN3C2=O)c1. The summed E-state index contributed by atoms with van der Waals surface area (Å²) in [5.41, 5.74) is 1.36. The third-order valence-electron chi connectivity index (χ3n) is 5.45. The summed E-state index contributed by atoms with van der Waals surface area (Å²) >= 11 is 0. The molecule has 0 spiro atoms. The van der Waals surface area contributed by atoms with E-state index in [0.29, 0.717) is 36.5 Å². The van der Waals surface area contributed by atoms with Crippen LogP contribution in [0.15, 0.2) is 36.7 Å². The van der Waals surface area contributed by atoms with Gasteiger partial charge in [-0.3, -0.25) is 4.98 Å². The molecule has 2 aromatic rings. The van der Waals surface area contributed by atoms with Crippen molar-refractivity contribution in [2.75, 3.05) is 20.2 Å². The van der Waals surface area contributed by atoms with Crippen molar-refractivity contribution in [3.63, 3.8) is 0 Å². The highest BCUT2D eigenvalue weighted by molar-refractivity contribution is 5.77. The molecule has 2 fully saturated rings. The number of hydrogen-bond acceptors (Lipinski definition) is 3. The standard InChI is InChI=1S/C20H21F2N3O2/c1-27-17-7-13(6-15(21)9-17)11-24-12-16-8-14(3-5-25(16)20(24)26)18-2-4-23-10-19(18)22/h2,4,6-7,9-10,14,16H,3,5,8,11-12H2,1H3/t14?,16-/m1/s1. The van der Waals surface area contributed by atoms with Crippen LogP contribution in [0.3, 0.4) is 0 Å². The summed E-state index contributed by atoms with van der Waals surface area (Å²) in [6.45, 7) is 1.48. The van der Waals surface area contributed by atoms with Crippen LogP contribution in [0, 0.1) is 11.6 Å². The molecular formula is C20H21F2N3O2. The van der Waals surface area contributed by atoms with Crippen LogP contribution in [0.5, 0.6) is 5.75 Å². The molecule has 0 N–H and O–H groups in total. The maximum absolute atomic E-state index is 14.1. The van der Waals surface area contributed by atoms with Crippen molar-refractivity contribution in [3.8, 4) is 5.75 Å². The Hall–Kier alpha value is -2.70. The van der Waals surface area contributed by atoms with E-state index in [1.165, 1.54) is 25.4 Å². The lowest BCUT2D eigenvalue weighted by Gasteiger charge is -2.33. The van der Waals surface area contributed by atoms with E-state index in [2.05, 4.69) is 4.98 Å². The van der Waals surface area contributed by atoms with Crippen molar-refractivity contribution in [3.05, 3.63) is 59.4 Å². The van der Waals surface area contributed by atoms with Crippen molar-refractivity contribution < 1.29 is 18.3 Å². The van der Waals surface area contributed by atoms with Crippen molar-refractivity contribution in [1.29, 1.82) is 0 Å². The Labute approximate surface area is 156 Å². The normalized spacial score (nSPS) is 22.1. The quantitative estimate of drug-likeness (QED) is 0.823. The summed E-state index contributed by atoms with van der Waals surface area (Å²) < 4.78 is 32.9. The van der Waals surface area contributed by atoms with Crippen molar-refractivity contribution in [2.24, 2.45) is 0 Å². The van der Waals surface area contributed by atoms with Crippen LogP contribution in [0.1, 0.15) is 29.9 Å². The van der Waals surface area contributed by atoms with Gasteiger partial charge in [0.25, 0.3) is 0 Å². The Morgan fingerprint density at radius 1 is 1.30 bits per heavy atom. The van der Waals surface area contributed by atoms with Crippen LogP contribution in [0.4, 0.5) is 13.6 Å². The number of methoxy groups -OCH3 is 1. The number of benzene rings is 1. The topological polar surface area (TPSA) is 45.7 Å². The summed E-state index contributed by atoms with van der Waals surface area (Å²) in [5, 5.41) is 0. The number of fused-ring (bicyclic) bond motifs is 1. The first-order valence-corrected chi connectivity index (χ1v) is 9.03. The molecule has 1 unspecified atom stereocenters. The molecule has 2 amide bonds. The fraction of sp³-hybridized carbons (Fsp3) is 0.400. The van der Waals surface area contributed by atoms with Crippen molar-refractivity contribution in [2.45, 2.75) is 31.3 Å². The maximum Gasteiger partial charge on any atom is 0.320 e. The van der Waals surface area contributed by atoms with E-state index in [4.69, 9.17) is 4.74 Å². The van der Waals surface area contributed by atoms with E-state index in [-0.39, 0.29) is 29.6 Å². The Morgan fingerprint density at radius 3 is 2.93 bits per heavy atom. The molecule has 1 aromatic heterocycles. The molecule has 2 aliphatic rings. The van der Waals surface area contributed by atoms with Crippen LogP contribution in [0.2, 0.25) is 0 Å². The summed E-state index contributed by atoms with van der Waals surface area (Å²) in [4.78, 5) is 20.1. The number of nitrogens with zero attached hydrogens (tertiary/aromatic N) is 3. The van der Waals surface area contributed by atoms with E-state index in [0.717, 1.165) is 12.8 Å². The lowest BCUT2D eigenvalue weighted by molar-refractivity contribution is 0.169. The number of amides is 2. The summed E-state index contributed by atoms with van der Waals surface area (Å²) in [6.07, 6.45) is 4.29. The van der Waals surface area contributed by atoms with E-state index in [1.807, 2.05) is 4.90 Å². The van der Waals surface area contributed by atoms with Crippen LogP contribution >= 0.6 is 0 Å². The molecule has 0 radical (unpaired) electrons. The van der Waals surface area contributed by atoms with Crippen LogP contribution in [-0.4, -0.2) is 47.1 Å². The Balaban J connectivity index is 1.48. The van der Waals surface area contributed by atoms with Gasteiger partial charge >= 0.3 is 6.03 Å². The largest absolute Gasteiger partial charge is 0.497 e. The number of aromatic nitrogens is 1. The van der Waals surface area contributed by atoms with Gasteiger partial charge in [-0.2, -0.15) is 0 Å². The average molecular weight is 373 g/mol. The van der Waals surface area contributed by atoms with E-state index in [9.17, 15) is 13.6 Å². The number of urea groups is 1. The molecule has 4 rings (SSSR count). The molecule has 2 saturated heterocycles. The minimum absolute atomic E-state index is 0.0410. The van der Waals surface area contributed by atoms with Gasteiger partial charge in [-0.25, -0.2) is 13.6 Å². The number of piperidine rings is 1. The number of halogens is 2. The summed E-state index contributed by atoms with van der Waals surface area (Å²) in [5.74, 6) is -0.162. The van der Waals surface area contributed by atoms with Gasteiger partial charge in [0.1, 0.15) is 17.4 Å². The smallest absolute Gasteiger partial charge is 0.320 e. The Bertz CT molecular complexity index is 861. The molecule has 5 nitrogen and oxygen atoms in total. The van der Waals surface area contributed by atoms with Crippen LogP contribution in [0.25, 0.3) is 0 Å². The van der Waals surface area contributed by atoms with Gasteiger partial charge in [0.2, 0.25) is 0 Å². The van der Waals surface area contributed by atoms with Gasteiger partial charge in [-0.1, -0.05) is 0 Å². The fourth-order valence-corrected chi connectivity index (χ4v) is 4.17.